The molecule has 0 spiro atoms. The van der Waals surface area contributed by atoms with Crippen LogP contribution in [0.15, 0.2) is 48.5 Å². The highest BCUT2D eigenvalue weighted by atomic mass is 35.5. The molecule has 2 aromatic carbocycles. The molecule has 1 N–H and O–H groups in total. The van der Waals surface area contributed by atoms with Gasteiger partial charge in [0.05, 0.1) is 11.1 Å². The molecular weight excluding hydrogens is 360 g/mol. The number of halogens is 1. The van der Waals surface area contributed by atoms with E-state index < -0.39 is 0 Å². The first-order valence-electron chi connectivity index (χ1n) is 9.58. The van der Waals surface area contributed by atoms with Crippen molar-refractivity contribution in [1.82, 2.24) is 10.2 Å². The number of rotatable bonds is 7. The number of amides is 1. The van der Waals surface area contributed by atoms with Crippen LogP contribution >= 0.6 is 11.6 Å². The summed E-state index contributed by atoms with van der Waals surface area (Å²) >= 11 is 6.07. The van der Waals surface area contributed by atoms with Gasteiger partial charge in [-0.05, 0) is 50.6 Å². The number of hydrogen-bond acceptors (Lipinski definition) is 3. The molecule has 1 atom stereocenters. The van der Waals surface area contributed by atoms with Crippen LogP contribution in [0.5, 0.6) is 5.75 Å². The molecule has 1 aliphatic heterocycles. The van der Waals surface area contributed by atoms with Crippen LogP contribution in [0.25, 0.3) is 0 Å². The summed E-state index contributed by atoms with van der Waals surface area (Å²) in [6, 6.07) is 16.0. The largest absolute Gasteiger partial charge is 0.482 e. The van der Waals surface area contributed by atoms with Gasteiger partial charge in [0.2, 0.25) is 0 Å². The van der Waals surface area contributed by atoms with Crippen molar-refractivity contribution in [1.29, 1.82) is 0 Å². The quantitative estimate of drug-likeness (QED) is 0.768. The number of aryl methyl sites for hydroxylation is 1. The van der Waals surface area contributed by atoms with Gasteiger partial charge < -0.3 is 10.1 Å². The minimum atomic E-state index is -0.135. The Morgan fingerprint density at radius 2 is 1.81 bits per heavy atom. The van der Waals surface area contributed by atoms with Crippen molar-refractivity contribution in [3.05, 3.63) is 64.7 Å². The van der Waals surface area contributed by atoms with E-state index in [2.05, 4.69) is 41.4 Å². The highest BCUT2D eigenvalue weighted by Crippen LogP contribution is 2.25. The first-order chi connectivity index (χ1) is 13.1. The Morgan fingerprint density at radius 1 is 1.11 bits per heavy atom. The molecule has 0 aliphatic carbocycles. The van der Waals surface area contributed by atoms with Crippen molar-refractivity contribution in [3.63, 3.8) is 0 Å². The standard InChI is InChI=1S/C22H27ClN2O2/c1-17-9-11-18(12-10-17)20(25-13-5-2-6-14-25)15-24-22(26)16-27-21-8-4-3-7-19(21)23/h3-4,7-12,20H,2,5-6,13-16H2,1H3,(H,24,26)/t20-/m0/s1. The second kappa shape index (κ2) is 9.77. The number of carbonyl (C=O) groups is 1. The van der Waals surface area contributed by atoms with Gasteiger partial charge in [0.15, 0.2) is 6.61 Å². The first-order valence-corrected chi connectivity index (χ1v) is 9.96. The van der Waals surface area contributed by atoms with E-state index in [-0.39, 0.29) is 18.6 Å². The monoisotopic (exact) mass is 386 g/mol. The molecule has 27 heavy (non-hydrogen) atoms. The van der Waals surface area contributed by atoms with E-state index in [0.717, 1.165) is 13.1 Å². The minimum Gasteiger partial charge on any atom is -0.482 e. The van der Waals surface area contributed by atoms with Gasteiger partial charge in [0, 0.05) is 6.54 Å². The van der Waals surface area contributed by atoms with Crippen LogP contribution in [0.2, 0.25) is 5.02 Å². The zero-order chi connectivity index (χ0) is 19.1. The zero-order valence-electron chi connectivity index (χ0n) is 15.8. The topological polar surface area (TPSA) is 41.6 Å². The molecular formula is C22H27ClN2O2. The molecule has 5 heteroatoms. The molecule has 144 valence electrons. The second-order valence-electron chi connectivity index (χ2n) is 7.05. The van der Waals surface area contributed by atoms with Crippen molar-refractivity contribution < 1.29 is 9.53 Å². The summed E-state index contributed by atoms with van der Waals surface area (Å²) in [4.78, 5) is 14.8. The maximum Gasteiger partial charge on any atom is 0.258 e. The third-order valence-corrected chi connectivity index (χ3v) is 5.29. The van der Waals surface area contributed by atoms with E-state index in [4.69, 9.17) is 16.3 Å². The fraction of sp³-hybridized carbons (Fsp3) is 0.409. The third-order valence-electron chi connectivity index (χ3n) is 4.98. The molecule has 0 radical (unpaired) electrons. The molecule has 0 saturated carbocycles. The Hall–Kier alpha value is -2.04. The van der Waals surface area contributed by atoms with Crippen LogP contribution in [0.1, 0.15) is 36.4 Å². The summed E-state index contributed by atoms with van der Waals surface area (Å²) in [6.45, 7) is 4.78. The summed E-state index contributed by atoms with van der Waals surface area (Å²) in [7, 11) is 0. The molecule has 3 rings (SSSR count). The lowest BCUT2D eigenvalue weighted by atomic mass is 10.0. The highest BCUT2D eigenvalue weighted by molar-refractivity contribution is 6.32. The van der Waals surface area contributed by atoms with E-state index in [1.54, 1.807) is 12.1 Å². The summed E-state index contributed by atoms with van der Waals surface area (Å²) in [5.74, 6) is 0.393. The van der Waals surface area contributed by atoms with E-state index in [1.165, 1.54) is 30.4 Å². The number of nitrogens with zero attached hydrogens (tertiary/aromatic N) is 1. The zero-order valence-corrected chi connectivity index (χ0v) is 16.5. The molecule has 1 amide bonds. The van der Waals surface area contributed by atoms with Crippen LogP contribution < -0.4 is 10.1 Å². The van der Waals surface area contributed by atoms with E-state index in [0.29, 0.717) is 17.3 Å². The molecule has 1 saturated heterocycles. The van der Waals surface area contributed by atoms with Gasteiger partial charge in [-0.1, -0.05) is 60.0 Å². The Labute approximate surface area is 166 Å². The van der Waals surface area contributed by atoms with Gasteiger partial charge >= 0.3 is 0 Å². The lowest BCUT2D eigenvalue weighted by molar-refractivity contribution is -0.123. The molecule has 2 aromatic rings. The predicted molar refractivity (Wildman–Crippen MR) is 109 cm³/mol. The summed E-state index contributed by atoms with van der Waals surface area (Å²) in [5, 5.41) is 3.54. The Kier molecular flexibility index (Phi) is 7.13. The van der Waals surface area contributed by atoms with Crippen molar-refractivity contribution in [2.75, 3.05) is 26.2 Å². The van der Waals surface area contributed by atoms with Gasteiger partial charge in [0.25, 0.3) is 5.91 Å². The van der Waals surface area contributed by atoms with Gasteiger partial charge in [0.1, 0.15) is 5.75 Å². The molecule has 4 nitrogen and oxygen atoms in total. The lowest BCUT2D eigenvalue weighted by Crippen LogP contribution is -2.41. The minimum absolute atomic E-state index is 0.0374. The Bertz CT molecular complexity index is 742. The third kappa shape index (κ3) is 5.72. The Balaban J connectivity index is 1.59. The number of ether oxygens (including phenoxy) is 1. The lowest BCUT2D eigenvalue weighted by Gasteiger charge is -2.35. The summed E-state index contributed by atoms with van der Waals surface area (Å²) in [5.41, 5.74) is 2.49. The van der Waals surface area contributed by atoms with Gasteiger partial charge in [-0.15, -0.1) is 0 Å². The normalized spacial score (nSPS) is 15.9. The number of para-hydroxylation sites is 1. The van der Waals surface area contributed by atoms with Crippen molar-refractivity contribution in [3.8, 4) is 5.75 Å². The number of carbonyl (C=O) groups excluding carboxylic acids is 1. The van der Waals surface area contributed by atoms with Crippen LogP contribution in [0.4, 0.5) is 0 Å². The number of benzene rings is 2. The maximum absolute atomic E-state index is 12.3. The smallest absolute Gasteiger partial charge is 0.258 e. The molecule has 0 aromatic heterocycles. The van der Waals surface area contributed by atoms with E-state index >= 15 is 0 Å². The number of hydrogen-bond donors (Lipinski definition) is 1. The number of likely N-dealkylation sites (tertiary alicyclic amines) is 1. The van der Waals surface area contributed by atoms with Crippen LogP contribution in [-0.2, 0) is 4.79 Å². The molecule has 1 aliphatic rings. The number of nitrogens with one attached hydrogen (secondary N) is 1. The van der Waals surface area contributed by atoms with Gasteiger partial charge in [-0.3, -0.25) is 9.69 Å². The van der Waals surface area contributed by atoms with E-state index in [9.17, 15) is 4.79 Å². The molecule has 1 fully saturated rings. The van der Waals surface area contributed by atoms with Crippen molar-refractivity contribution >= 4 is 17.5 Å². The first kappa shape index (κ1) is 19.7. The predicted octanol–water partition coefficient (Wildman–Crippen LogP) is 4.37. The average molecular weight is 387 g/mol. The fourth-order valence-corrected chi connectivity index (χ4v) is 3.63. The Morgan fingerprint density at radius 3 is 2.52 bits per heavy atom. The van der Waals surface area contributed by atoms with Crippen LogP contribution in [-0.4, -0.2) is 37.0 Å². The summed E-state index contributed by atoms with van der Waals surface area (Å²) in [6.07, 6.45) is 3.72. The maximum atomic E-state index is 12.3. The molecule has 0 unspecified atom stereocenters. The van der Waals surface area contributed by atoms with Crippen LogP contribution in [0.3, 0.4) is 0 Å². The molecule has 0 bridgehead atoms. The SMILES string of the molecule is Cc1ccc([C@H](CNC(=O)COc2ccccc2Cl)N2CCCCC2)cc1. The fourth-order valence-electron chi connectivity index (χ4n) is 3.44. The van der Waals surface area contributed by atoms with E-state index in [1.807, 2.05) is 12.1 Å². The number of piperidine rings is 1. The average Bonchev–Trinajstić information content (AvgIpc) is 2.69. The second-order valence-corrected chi connectivity index (χ2v) is 7.45. The van der Waals surface area contributed by atoms with Crippen molar-refractivity contribution in [2.24, 2.45) is 0 Å². The van der Waals surface area contributed by atoms with Gasteiger partial charge in [-0.2, -0.15) is 0 Å². The van der Waals surface area contributed by atoms with Gasteiger partial charge in [-0.25, -0.2) is 0 Å². The summed E-state index contributed by atoms with van der Waals surface area (Å²) < 4.78 is 5.54. The van der Waals surface area contributed by atoms with Crippen molar-refractivity contribution in [2.45, 2.75) is 32.2 Å². The molecule has 1 heterocycles. The van der Waals surface area contributed by atoms with Crippen LogP contribution in [0, 0.1) is 6.92 Å². The highest BCUT2D eigenvalue weighted by Gasteiger charge is 2.22.